The first-order chi connectivity index (χ1) is 10.2. The highest BCUT2D eigenvalue weighted by Gasteiger charge is 2.21. The minimum absolute atomic E-state index is 0. The molecular weight excluding hydrogens is 276 g/mol. The summed E-state index contributed by atoms with van der Waals surface area (Å²) in [6, 6.07) is 0.284. The van der Waals surface area contributed by atoms with Gasteiger partial charge in [0.05, 0.1) is 12.1 Å². The van der Waals surface area contributed by atoms with Crippen molar-refractivity contribution in [2.45, 2.75) is 52.2 Å². The number of piperidine rings is 1. The third kappa shape index (κ3) is 4.52. The van der Waals surface area contributed by atoms with Crippen LogP contribution >= 0.6 is 0 Å². The number of methoxy groups -OCH3 is 1. The molecule has 1 unspecified atom stereocenters. The predicted molar refractivity (Wildman–Crippen MR) is 93.8 cm³/mol. The average molecular weight is 306 g/mol. The molecule has 0 bridgehead atoms. The molecule has 0 spiro atoms. The summed E-state index contributed by atoms with van der Waals surface area (Å²) in [4.78, 5) is 4.69. The minimum atomic E-state index is 0. The first kappa shape index (κ1) is 18.6. The van der Waals surface area contributed by atoms with Crippen molar-refractivity contribution in [3.8, 4) is 0 Å². The van der Waals surface area contributed by atoms with E-state index >= 15 is 0 Å². The van der Waals surface area contributed by atoms with Crippen LogP contribution in [0, 0.1) is 5.41 Å². The fourth-order valence-corrected chi connectivity index (χ4v) is 2.75. The van der Waals surface area contributed by atoms with Gasteiger partial charge in [0.1, 0.15) is 5.84 Å². The molecule has 0 amide bonds. The maximum absolute atomic E-state index is 8.13. The highest BCUT2D eigenvalue weighted by atomic mass is 16.5. The van der Waals surface area contributed by atoms with Gasteiger partial charge >= 0.3 is 0 Å². The minimum Gasteiger partial charge on any atom is -0.383 e. The Labute approximate surface area is 134 Å². The lowest BCUT2D eigenvalue weighted by molar-refractivity contribution is 0.142. The van der Waals surface area contributed by atoms with Gasteiger partial charge in [0, 0.05) is 24.0 Å². The molecule has 0 saturated carbocycles. The average Bonchev–Trinajstić information content (AvgIpc) is 2.54. The van der Waals surface area contributed by atoms with Crippen molar-refractivity contribution in [1.29, 1.82) is 5.41 Å². The van der Waals surface area contributed by atoms with E-state index in [1.165, 1.54) is 0 Å². The highest BCUT2D eigenvalue weighted by Crippen LogP contribution is 2.23. The van der Waals surface area contributed by atoms with Gasteiger partial charge in [0.25, 0.3) is 0 Å². The van der Waals surface area contributed by atoms with E-state index < -0.39 is 0 Å². The van der Waals surface area contributed by atoms with Crippen LogP contribution in [0.2, 0.25) is 0 Å². The van der Waals surface area contributed by atoms with Crippen molar-refractivity contribution in [3.63, 3.8) is 0 Å². The summed E-state index contributed by atoms with van der Waals surface area (Å²) in [6.07, 6.45) is 7.62. The largest absolute Gasteiger partial charge is 0.383 e. The van der Waals surface area contributed by atoms with Crippen LogP contribution < -0.4 is 11.1 Å². The molecule has 22 heavy (non-hydrogen) atoms. The van der Waals surface area contributed by atoms with Crippen molar-refractivity contribution in [3.05, 3.63) is 23.3 Å². The lowest BCUT2D eigenvalue weighted by atomic mass is 9.90. The van der Waals surface area contributed by atoms with E-state index in [2.05, 4.69) is 16.4 Å². The van der Waals surface area contributed by atoms with Gasteiger partial charge in [0.15, 0.2) is 0 Å². The molecule has 1 aliphatic heterocycles. The van der Waals surface area contributed by atoms with Gasteiger partial charge in [-0.1, -0.05) is 20.4 Å². The zero-order valence-corrected chi connectivity index (χ0v) is 13.0. The monoisotopic (exact) mass is 306 g/mol. The normalized spacial score (nSPS) is 23.4. The fourth-order valence-electron chi connectivity index (χ4n) is 2.75. The number of hydrogen-bond acceptors (Lipinski definition) is 4. The molecule has 5 nitrogen and oxygen atoms in total. The molecule has 1 saturated heterocycles. The second kappa shape index (κ2) is 8.86. The zero-order chi connectivity index (χ0) is 15.2. The Morgan fingerprint density at radius 1 is 1.41 bits per heavy atom. The van der Waals surface area contributed by atoms with Crippen molar-refractivity contribution >= 4 is 11.5 Å². The van der Waals surface area contributed by atoms with E-state index in [1.54, 1.807) is 7.11 Å². The second-order valence-electron chi connectivity index (χ2n) is 5.54. The van der Waals surface area contributed by atoms with Gasteiger partial charge in [-0.3, -0.25) is 4.99 Å². The SMILES string of the molecule is C.CCC(=N)C1=CCC(OC)C=C1C(N)=NC1CCNCC1. The molecule has 1 heterocycles. The zero-order valence-electron chi connectivity index (χ0n) is 13.0. The summed E-state index contributed by atoms with van der Waals surface area (Å²) in [5.41, 5.74) is 8.65. The smallest absolute Gasteiger partial charge is 0.126 e. The summed E-state index contributed by atoms with van der Waals surface area (Å²) < 4.78 is 5.41. The Bertz CT molecular complexity index is 473. The number of rotatable bonds is 5. The van der Waals surface area contributed by atoms with Crippen LogP contribution in [0.3, 0.4) is 0 Å². The fraction of sp³-hybridized carbons (Fsp3) is 0.647. The van der Waals surface area contributed by atoms with E-state index in [9.17, 15) is 0 Å². The van der Waals surface area contributed by atoms with Crippen LogP contribution in [-0.4, -0.2) is 43.9 Å². The first-order valence-corrected chi connectivity index (χ1v) is 7.73. The molecule has 0 radical (unpaired) electrons. The number of amidine groups is 1. The Balaban J connectivity index is 0.00000242. The summed E-state index contributed by atoms with van der Waals surface area (Å²) in [5.74, 6) is 0.549. The second-order valence-corrected chi connectivity index (χ2v) is 5.54. The van der Waals surface area contributed by atoms with Gasteiger partial charge in [-0.05, 0) is 44.8 Å². The number of aliphatic imine (C=N–C) groups is 1. The summed E-state index contributed by atoms with van der Waals surface area (Å²) in [5, 5.41) is 11.5. The highest BCUT2D eigenvalue weighted by molar-refractivity contribution is 6.14. The third-order valence-electron chi connectivity index (χ3n) is 4.08. The lowest BCUT2D eigenvalue weighted by Crippen LogP contribution is -2.32. The van der Waals surface area contributed by atoms with E-state index in [0.717, 1.165) is 43.5 Å². The molecule has 2 aliphatic rings. The number of nitrogens with one attached hydrogen (secondary N) is 2. The standard InChI is InChI=1S/C16H26N4O.CH4/c1-3-15(17)13-5-4-12(21-2)10-14(13)16(18)20-11-6-8-19-9-7-11;/h5,10-12,17,19H,3-4,6-9H2,1-2H3,(H2,18,20);1H4. The number of ether oxygens (including phenoxy) is 1. The van der Waals surface area contributed by atoms with Crippen molar-refractivity contribution < 1.29 is 4.74 Å². The Morgan fingerprint density at radius 3 is 2.68 bits per heavy atom. The molecule has 2 rings (SSSR count). The maximum Gasteiger partial charge on any atom is 0.126 e. The van der Waals surface area contributed by atoms with E-state index in [-0.39, 0.29) is 19.6 Å². The molecule has 0 aromatic heterocycles. The predicted octanol–water partition coefficient (Wildman–Crippen LogP) is 2.43. The molecular formula is C17H30N4O. The molecule has 124 valence electrons. The van der Waals surface area contributed by atoms with Crippen LogP contribution in [0.4, 0.5) is 0 Å². The number of nitrogens with two attached hydrogens (primary N) is 1. The summed E-state index contributed by atoms with van der Waals surface area (Å²) in [6.45, 7) is 3.98. The van der Waals surface area contributed by atoms with Gasteiger partial charge in [-0.2, -0.15) is 0 Å². The Kier molecular flexibility index (Phi) is 7.48. The molecule has 1 aliphatic carbocycles. The molecule has 1 fully saturated rings. The van der Waals surface area contributed by atoms with Gasteiger partial charge in [-0.15, -0.1) is 0 Å². The van der Waals surface area contributed by atoms with Crippen molar-refractivity contribution in [2.24, 2.45) is 10.7 Å². The van der Waals surface area contributed by atoms with Crippen LogP contribution in [0.15, 0.2) is 28.3 Å². The third-order valence-corrected chi connectivity index (χ3v) is 4.08. The first-order valence-electron chi connectivity index (χ1n) is 7.73. The van der Waals surface area contributed by atoms with E-state index in [0.29, 0.717) is 18.0 Å². The van der Waals surface area contributed by atoms with Crippen molar-refractivity contribution in [1.82, 2.24) is 5.32 Å². The van der Waals surface area contributed by atoms with Crippen LogP contribution in [0.1, 0.15) is 40.0 Å². The van der Waals surface area contributed by atoms with Gasteiger partial charge in [-0.25, -0.2) is 0 Å². The Hall–Kier alpha value is -1.46. The molecule has 5 heteroatoms. The topological polar surface area (TPSA) is 83.5 Å². The Morgan fingerprint density at radius 2 is 2.09 bits per heavy atom. The lowest BCUT2D eigenvalue weighted by Gasteiger charge is -2.23. The van der Waals surface area contributed by atoms with Crippen LogP contribution in [-0.2, 0) is 4.74 Å². The summed E-state index contributed by atoms with van der Waals surface area (Å²) in [7, 11) is 1.70. The van der Waals surface area contributed by atoms with Gasteiger partial charge < -0.3 is 21.2 Å². The van der Waals surface area contributed by atoms with Gasteiger partial charge in [0.2, 0.25) is 0 Å². The molecule has 4 N–H and O–H groups in total. The van der Waals surface area contributed by atoms with E-state index in [4.69, 9.17) is 15.9 Å². The van der Waals surface area contributed by atoms with Crippen LogP contribution in [0.5, 0.6) is 0 Å². The number of hydrogen-bond donors (Lipinski definition) is 3. The summed E-state index contributed by atoms with van der Waals surface area (Å²) >= 11 is 0. The maximum atomic E-state index is 8.13. The molecule has 0 aromatic rings. The van der Waals surface area contributed by atoms with Crippen molar-refractivity contribution in [2.75, 3.05) is 20.2 Å². The van der Waals surface area contributed by atoms with E-state index in [1.807, 2.05) is 13.0 Å². The number of nitrogens with zero attached hydrogens (tertiary/aromatic N) is 1. The van der Waals surface area contributed by atoms with Crippen LogP contribution in [0.25, 0.3) is 0 Å². The molecule has 1 atom stereocenters. The molecule has 0 aromatic carbocycles. The quantitative estimate of drug-likeness (QED) is 0.539.